The number of hydrogen-bond acceptors (Lipinski definition) is 4. The van der Waals surface area contributed by atoms with Gasteiger partial charge in [0.2, 0.25) is 5.91 Å². The second kappa shape index (κ2) is 8.68. The highest BCUT2D eigenvalue weighted by Gasteiger charge is 2.34. The first-order chi connectivity index (χ1) is 13.9. The fraction of sp³-hybridized carbons (Fsp3) is 0.273. The number of para-hydroxylation sites is 1. The van der Waals surface area contributed by atoms with Gasteiger partial charge in [0.25, 0.3) is 17.7 Å². The molecule has 0 unspecified atom stereocenters. The second-order valence-corrected chi connectivity index (χ2v) is 7.13. The lowest BCUT2D eigenvalue weighted by Crippen LogP contribution is -2.32. The Bertz CT molecular complexity index is 933. The van der Waals surface area contributed by atoms with E-state index in [0.717, 1.165) is 0 Å². The SMILES string of the molecule is CC(C)NC(=O)c1ccccc1NC(=O)CCCN1C(=O)c2ccccc2C1=O. The molecular weight excluding hydrogens is 370 g/mol. The molecule has 0 spiro atoms. The average Bonchev–Trinajstić information content (AvgIpc) is 2.93. The molecule has 1 aliphatic rings. The summed E-state index contributed by atoms with van der Waals surface area (Å²) in [5, 5.41) is 5.54. The molecule has 1 heterocycles. The molecule has 0 bridgehead atoms. The summed E-state index contributed by atoms with van der Waals surface area (Å²) in [6.07, 6.45) is 0.450. The van der Waals surface area contributed by atoms with Gasteiger partial charge in [0.15, 0.2) is 0 Å². The second-order valence-electron chi connectivity index (χ2n) is 7.13. The summed E-state index contributed by atoms with van der Waals surface area (Å²) >= 11 is 0. The van der Waals surface area contributed by atoms with Gasteiger partial charge in [0.05, 0.1) is 22.4 Å². The predicted octanol–water partition coefficient (Wildman–Crippen LogP) is 2.84. The first kappa shape index (κ1) is 20.3. The van der Waals surface area contributed by atoms with Crippen LogP contribution in [0.15, 0.2) is 48.5 Å². The van der Waals surface area contributed by atoms with E-state index in [9.17, 15) is 19.2 Å². The van der Waals surface area contributed by atoms with Gasteiger partial charge in [0, 0.05) is 19.0 Å². The third-order valence-electron chi connectivity index (χ3n) is 4.53. The summed E-state index contributed by atoms with van der Waals surface area (Å²) in [5.74, 6) is -1.21. The number of hydrogen-bond donors (Lipinski definition) is 2. The summed E-state index contributed by atoms with van der Waals surface area (Å²) in [6, 6.07) is 13.4. The minimum absolute atomic E-state index is 0.0223. The number of benzene rings is 2. The zero-order valence-corrected chi connectivity index (χ0v) is 16.4. The van der Waals surface area contributed by atoms with Crippen LogP contribution in [-0.2, 0) is 4.79 Å². The van der Waals surface area contributed by atoms with Crippen molar-refractivity contribution in [3.05, 3.63) is 65.2 Å². The van der Waals surface area contributed by atoms with E-state index in [1.54, 1.807) is 48.5 Å². The van der Waals surface area contributed by atoms with E-state index < -0.39 is 0 Å². The first-order valence-electron chi connectivity index (χ1n) is 9.53. The van der Waals surface area contributed by atoms with Crippen molar-refractivity contribution in [3.8, 4) is 0 Å². The summed E-state index contributed by atoms with van der Waals surface area (Å²) in [4.78, 5) is 50.5. The molecule has 7 heteroatoms. The predicted molar refractivity (Wildman–Crippen MR) is 109 cm³/mol. The molecule has 0 fully saturated rings. The molecule has 0 atom stereocenters. The van der Waals surface area contributed by atoms with E-state index in [4.69, 9.17) is 0 Å². The molecule has 0 radical (unpaired) electrons. The van der Waals surface area contributed by atoms with E-state index in [2.05, 4.69) is 10.6 Å². The number of carbonyl (C=O) groups excluding carboxylic acids is 4. The Labute approximate surface area is 169 Å². The number of carbonyl (C=O) groups is 4. The number of fused-ring (bicyclic) bond motifs is 1. The van der Waals surface area contributed by atoms with E-state index >= 15 is 0 Å². The lowest BCUT2D eigenvalue weighted by molar-refractivity contribution is -0.116. The quantitative estimate of drug-likeness (QED) is 0.707. The zero-order valence-electron chi connectivity index (χ0n) is 16.4. The van der Waals surface area contributed by atoms with Gasteiger partial charge in [0.1, 0.15) is 0 Å². The molecule has 4 amide bonds. The van der Waals surface area contributed by atoms with Crippen molar-refractivity contribution in [2.75, 3.05) is 11.9 Å². The van der Waals surface area contributed by atoms with Gasteiger partial charge in [-0.25, -0.2) is 0 Å². The topological polar surface area (TPSA) is 95.6 Å². The maximum Gasteiger partial charge on any atom is 0.261 e. The molecule has 150 valence electrons. The fourth-order valence-corrected chi connectivity index (χ4v) is 3.18. The molecule has 0 saturated carbocycles. The third-order valence-corrected chi connectivity index (χ3v) is 4.53. The van der Waals surface area contributed by atoms with Crippen LogP contribution in [0.4, 0.5) is 5.69 Å². The van der Waals surface area contributed by atoms with Crippen molar-refractivity contribution in [2.24, 2.45) is 0 Å². The summed E-state index contributed by atoms with van der Waals surface area (Å²) in [7, 11) is 0. The average molecular weight is 393 g/mol. The van der Waals surface area contributed by atoms with Crippen molar-refractivity contribution in [1.82, 2.24) is 10.2 Å². The Morgan fingerprint density at radius 1 is 0.931 bits per heavy atom. The van der Waals surface area contributed by atoms with Gasteiger partial charge in [-0.05, 0) is 44.5 Å². The van der Waals surface area contributed by atoms with Crippen LogP contribution in [-0.4, -0.2) is 41.1 Å². The van der Waals surface area contributed by atoms with Crippen LogP contribution >= 0.6 is 0 Å². The van der Waals surface area contributed by atoms with Gasteiger partial charge < -0.3 is 10.6 Å². The minimum atomic E-state index is -0.332. The maximum atomic E-state index is 12.3. The Balaban J connectivity index is 1.56. The van der Waals surface area contributed by atoms with Crippen molar-refractivity contribution >= 4 is 29.3 Å². The van der Waals surface area contributed by atoms with Crippen molar-refractivity contribution in [1.29, 1.82) is 0 Å². The number of imide groups is 1. The third kappa shape index (κ3) is 4.51. The van der Waals surface area contributed by atoms with Gasteiger partial charge in [-0.15, -0.1) is 0 Å². The molecule has 3 rings (SSSR count). The normalized spacial score (nSPS) is 12.9. The Hall–Kier alpha value is -3.48. The van der Waals surface area contributed by atoms with Crippen LogP contribution in [0.5, 0.6) is 0 Å². The number of nitrogens with zero attached hydrogens (tertiary/aromatic N) is 1. The Morgan fingerprint density at radius 3 is 2.14 bits per heavy atom. The van der Waals surface area contributed by atoms with E-state index in [1.165, 1.54) is 4.90 Å². The standard InChI is InChI=1S/C22H23N3O4/c1-14(2)23-20(27)17-10-5-6-11-18(17)24-19(26)12-7-13-25-21(28)15-8-3-4-9-16(15)22(25)29/h3-6,8-11,14H,7,12-13H2,1-2H3,(H,23,27)(H,24,26). The molecule has 2 N–H and O–H groups in total. The molecule has 2 aromatic carbocycles. The monoisotopic (exact) mass is 393 g/mol. The smallest absolute Gasteiger partial charge is 0.261 e. The van der Waals surface area contributed by atoms with Crippen molar-refractivity contribution in [3.63, 3.8) is 0 Å². The van der Waals surface area contributed by atoms with E-state index in [1.807, 2.05) is 13.8 Å². The van der Waals surface area contributed by atoms with Crippen LogP contribution in [0.2, 0.25) is 0 Å². The van der Waals surface area contributed by atoms with Crippen molar-refractivity contribution in [2.45, 2.75) is 32.7 Å². The van der Waals surface area contributed by atoms with E-state index in [0.29, 0.717) is 28.8 Å². The lowest BCUT2D eigenvalue weighted by atomic mass is 10.1. The number of anilines is 1. The highest BCUT2D eigenvalue weighted by molar-refractivity contribution is 6.21. The molecule has 0 aliphatic carbocycles. The summed E-state index contributed by atoms with van der Waals surface area (Å²) in [5.41, 5.74) is 1.60. The highest BCUT2D eigenvalue weighted by Crippen LogP contribution is 2.23. The molecule has 2 aromatic rings. The Kier molecular flexibility index (Phi) is 6.07. The van der Waals surface area contributed by atoms with Crippen LogP contribution in [0, 0.1) is 0 Å². The minimum Gasteiger partial charge on any atom is -0.350 e. The van der Waals surface area contributed by atoms with Gasteiger partial charge in [-0.3, -0.25) is 24.1 Å². The maximum absolute atomic E-state index is 12.3. The highest BCUT2D eigenvalue weighted by atomic mass is 16.2. The van der Waals surface area contributed by atoms with Crippen molar-refractivity contribution < 1.29 is 19.2 Å². The van der Waals surface area contributed by atoms with Gasteiger partial charge >= 0.3 is 0 Å². The van der Waals surface area contributed by atoms with Crippen LogP contribution in [0.3, 0.4) is 0 Å². The van der Waals surface area contributed by atoms with Crippen LogP contribution in [0.25, 0.3) is 0 Å². The molecule has 0 aromatic heterocycles. The number of nitrogens with one attached hydrogen (secondary N) is 2. The summed E-state index contributed by atoms with van der Waals surface area (Å²) in [6.45, 7) is 3.88. The molecule has 7 nitrogen and oxygen atoms in total. The largest absolute Gasteiger partial charge is 0.350 e. The molecular formula is C22H23N3O4. The van der Waals surface area contributed by atoms with Gasteiger partial charge in [-0.1, -0.05) is 24.3 Å². The molecule has 0 saturated heterocycles. The molecule has 29 heavy (non-hydrogen) atoms. The van der Waals surface area contributed by atoms with Crippen LogP contribution in [0.1, 0.15) is 57.8 Å². The lowest BCUT2D eigenvalue weighted by Gasteiger charge is -2.15. The van der Waals surface area contributed by atoms with Gasteiger partial charge in [-0.2, -0.15) is 0 Å². The number of rotatable bonds is 7. The molecule has 1 aliphatic heterocycles. The first-order valence-corrected chi connectivity index (χ1v) is 9.53. The zero-order chi connectivity index (χ0) is 21.0. The van der Waals surface area contributed by atoms with Crippen LogP contribution < -0.4 is 10.6 Å². The fourth-order valence-electron chi connectivity index (χ4n) is 3.18. The Morgan fingerprint density at radius 2 is 1.52 bits per heavy atom. The number of amides is 4. The summed E-state index contributed by atoms with van der Waals surface area (Å²) < 4.78 is 0. The van der Waals surface area contributed by atoms with E-state index in [-0.39, 0.29) is 42.6 Å².